The minimum Gasteiger partial charge on any atom is -0.361 e. The number of aromatic nitrogens is 1. The number of rotatable bonds is 5. The Balaban J connectivity index is 1.60. The van der Waals surface area contributed by atoms with E-state index in [1.165, 1.54) is 27.6 Å². The Hall–Kier alpha value is -2.60. The third-order valence-electron chi connectivity index (χ3n) is 5.99. The number of H-pyrrole nitrogens is 1. The molecule has 152 valence electrons. The lowest BCUT2D eigenvalue weighted by Gasteiger charge is -2.35. The molecule has 1 atom stereocenters. The van der Waals surface area contributed by atoms with Crippen LogP contribution < -0.4 is 0 Å². The number of amides is 2. The van der Waals surface area contributed by atoms with Gasteiger partial charge in [0.25, 0.3) is 0 Å². The summed E-state index contributed by atoms with van der Waals surface area (Å²) >= 11 is 1.67. The van der Waals surface area contributed by atoms with Crippen LogP contribution in [0.25, 0.3) is 10.9 Å². The molecule has 1 aliphatic rings. The molecular formula is C23H27N3O2S. The molecule has 1 N–H and O–H groups in total. The number of carbonyl (C=O) groups is 2. The van der Waals surface area contributed by atoms with Crippen LogP contribution in [0.3, 0.4) is 0 Å². The molecule has 0 spiro atoms. The highest BCUT2D eigenvalue weighted by Crippen LogP contribution is 2.36. The lowest BCUT2D eigenvalue weighted by molar-refractivity contribution is -0.138. The van der Waals surface area contributed by atoms with Crippen LogP contribution in [0.15, 0.2) is 41.2 Å². The average Bonchev–Trinajstić information content (AvgIpc) is 3.42. The van der Waals surface area contributed by atoms with E-state index in [4.69, 9.17) is 0 Å². The van der Waals surface area contributed by atoms with Crippen molar-refractivity contribution < 1.29 is 9.59 Å². The SMILES string of the molecule is CCc1cccc2c(C(CC(=O)N3CCN(C(C)=O)CC3)c3ccsc3)c[nH]c12. The Morgan fingerprint density at radius 2 is 1.90 bits per heavy atom. The van der Waals surface area contributed by atoms with Crippen molar-refractivity contribution >= 4 is 34.1 Å². The van der Waals surface area contributed by atoms with Gasteiger partial charge in [-0.1, -0.05) is 25.1 Å². The van der Waals surface area contributed by atoms with Crippen molar-refractivity contribution in [2.45, 2.75) is 32.6 Å². The first-order chi connectivity index (χ1) is 14.1. The van der Waals surface area contributed by atoms with Crippen LogP contribution in [-0.2, 0) is 16.0 Å². The second kappa shape index (κ2) is 8.41. The molecule has 2 amide bonds. The third kappa shape index (κ3) is 3.94. The van der Waals surface area contributed by atoms with Gasteiger partial charge in [0, 0.05) is 62.5 Å². The molecule has 0 saturated carbocycles. The van der Waals surface area contributed by atoms with Crippen LogP contribution >= 0.6 is 11.3 Å². The number of thiophene rings is 1. The van der Waals surface area contributed by atoms with Gasteiger partial charge in [-0.2, -0.15) is 11.3 Å². The van der Waals surface area contributed by atoms with E-state index in [2.05, 4.69) is 53.1 Å². The standard InChI is InChI=1S/C23H27N3O2S/c1-3-17-5-4-6-19-21(14-24-23(17)19)20(18-7-12-29-15-18)13-22(28)26-10-8-25(9-11-26)16(2)27/h4-7,12,14-15,20,24H,3,8-11,13H2,1-2H3. The zero-order valence-electron chi connectivity index (χ0n) is 17.0. The Labute approximate surface area is 175 Å². The highest BCUT2D eigenvalue weighted by Gasteiger charge is 2.27. The molecule has 4 rings (SSSR count). The van der Waals surface area contributed by atoms with Gasteiger partial charge >= 0.3 is 0 Å². The van der Waals surface area contributed by atoms with Crippen molar-refractivity contribution in [2.75, 3.05) is 26.2 Å². The summed E-state index contributed by atoms with van der Waals surface area (Å²) in [6.07, 6.45) is 3.49. The molecule has 0 bridgehead atoms. The van der Waals surface area contributed by atoms with Gasteiger partial charge < -0.3 is 14.8 Å². The molecule has 1 aromatic carbocycles. The predicted molar refractivity (Wildman–Crippen MR) is 117 cm³/mol. The van der Waals surface area contributed by atoms with Crippen LogP contribution in [0.5, 0.6) is 0 Å². The molecule has 3 heterocycles. The topological polar surface area (TPSA) is 56.4 Å². The monoisotopic (exact) mass is 409 g/mol. The van der Waals surface area contributed by atoms with E-state index in [0.29, 0.717) is 32.6 Å². The third-order valence-corrected chi connectivity index (χ3v) is 6.69. The number of para-hydroxylation sites is 1. The molecule has 6 heteroatoms. The van der Waals surface area contributed by atoms with Crippen molar-refractivity contribution in [3.63, 3.8) is 0 Å². The number of hydrogen-bond donors (Lipinski definition) is 1. The van der Waals surface area contributed by atoms with Crippen LogP contribution in [0.4, 0.5) is 0 Å². The average molecular weight is 410 g/mol. The van der Waals surface area contributed by atoms with Gasteiger partial charge in [0.05, 0.1) is 0 Å². The summed E-state index contributed by atoms with van der Waals surface area (Å²) in [4.78, 5) is 31.9. The fourth-order valence-corrected chi connectivity index (χ4v) is 4.99. The molecule has 5 nitrogen and oxygen atoms in total. The first-order valence-corrected chi connectivity index (χ1v) is 11.2. The summed E-state index contributed by atoms with van der Waals surface area (Å²) in [6, 6.07) is 8.53. The number of fused-ring (bicyclic) bond motifs is 1. The van der Waals surface area contributed by atoms with Gasteiger partial charge in [-0.15, -0.1) is 0 Å². The first kappa shape index (κ1) is 19.7. The van der Waals surface area contributed by atoms with E-state index in [9.17, 15) is 9.59 Å². The van der Waals surface area contributed by atoms with Crippen molar-refractivity contribution in [3.05, 3.63) is 57.9 Å². The van der Waals surface area contributed by atoms with E-state index in [-0.39, 0.29) is 17.7 Å². The summed E-state index contributed by atoms with van der Waals surface area (Å²) in [7, 11) is 0. The maximum Gasteiger partial charge on any atom is 0.223 e. The van der Waals surface area contributed by atoms with Gasteiger partial charge in [0.15, 0.2) is 0 Å². The Bertz CT molecular complexity index is 1000. The molecule has 1 saturated heterocycles. The second-order valence-corrected chi connectivity index (χ2v) is 8.42. The van der Waals surface area contributed by atoms with Crippen molar-refractivity contribution in [1.29, 1.82) is 0 Å². The number of aromatic amines is 1. The van der Waals surface area contributed by atoms with Gasteiger partial charge in [-0.05, 0) is 39.9 Å². The Kier molecular flexibility index (Phi) is 5.72. The Morgan fingerprint density at radius 3 is 2.55 bits per heavy atom. The first-order valence-electron chi connectivity index (χ1n) is 10.2. The van der Waals surface area contributed by atoms with E-state index in [1.807, 2.05) is 9.80 Å². The number of nitrogens with zero attached hydrogens (tertiary/aromatic N) is 2. The van der Waals surface area contributed by atoms with Gasteiger partial charge in [0.2, 0.25) is 11.8 Å². The van der Waals surface area contributed by atoms with Gasteiger partial charge in [0.1, 0.15) is 0 Å². The molecule has 1 unspecified atom stereocenters. The molecule has 29 heavy (non-hydrogen) atoms. The normalized spacial score (nSPS) is 15.7. The molecular weight excluding hydrogens is 382 g/mol. The van der Waals surface area contributed by atoms with Crippen molar-refractivity contribution in [3.8, 4) is 0 Å². The summed E-state index contributed by atoms with van der Waals surface area (Å²) in [5, 5.41) is 5.42. The van der Waals surface area contributed by atoms with Crippen LogP contribution in [0, 0.1) is 0 Å². The molecule has 0 aliphatic carbocycles. The van der Waals surface area contributed by atoms with Crippen LogP contribution in [0.1, 0.15) is 42.9 Å². The zero-order chi connectivity index (χ0) is 20.4. The number of nitrogens with one attached hydrogen (secondary N) is 1. The molecule has 2 aromatic heterocycles. The van der Waals surface area contributed by atoms with Gasteiger partial charge in [-0.3, -0.25) is 9.59 Å². The van der Waals surface area contributed by atoms with E-state index in [0.717, 1.165) is 6.42 Å². The summed E-state index contributed by atoms with van der Waals surface area (Å²) in [6.45, 7) is 6.22. The predicted octanol–water partition coefficient (Wildman–Crippen LogP) is 4.00. The number of piperazine rings is 1. The van der Waals surface area contributed by atoms with Crippen LogP contribution in [-0.4, -0.2) is 52.8 Å². The largest absolute Gasteiger partial charge is 0.361 e. The van der Waals surface area contributed by atoms with E-state index in [1.54, 1.807) is 18.3 Å². The number of carbonyl (C=O) groups excluding carboxylic acids is 2. The second-order valence-electron chi connectivity index (χ2n) is 7.64. The minimum absolute atomic E-state index is 0.0282. The fraction of sp³-hybridized carbons (Fsp3) is 0.391. The lowest BCUT2D eigenvalue weighted by atomic mass is 9.89. The maximum absolute atomic E-state index is 13.2. The molecule has 3 aromatic rings. The fourth-order valence-electron chi connectivity index (χ4n) is 4.28. The summed E-state index contributed by atoms with van der Waals surface area (Å²) in [5.41, 5.74) is 4.84. The lowest BCUT2D eigenvalue weighted by Crippen LogP contribution is -2.50. The highest BCUT2D eigenvalue weighted by molar-refractivity contribution is 7.08. The van der Waals surface area contributed by atoms with Crippen LogP contribution in [0.2, 0.25) is 0 Å². The highest BCUT2D eigenvalue weighted by atomic mass is 32.1. The molecule has 0 radical (unpaired) electrons. The number of benzene rings is 1. The smallest absolute Gasteiger partial charge is 0.223 e. The maximum atomic E-state index is 13.2. The van der Waals surface area contributed by atoms with Crippen molar-refractivity contribution in [1.82, 2.24) is 14.8 Å². The number of hydrogen-bond acceptors (Lipinski definition) is 3. The number of aryl methyl sites for hydroxylation is 1. The zero-order valence-corrected chi connectivity index (χ0v) is 17.8. The van der Waals surface area contributed by atoms with E-state index < -0.39 is 0 Å². The minimum atomic E-state index is 0.0282. The molecule has 1 fully saturated rings. The quantitative estimate of drug-likeness (QED) is 0.692. The molecule has 1 aliphatic heterocycles. The summed E-state index contributed by atoms with van der Waals surface area (Å²) in [5.74, 6) is 0.268. The Morgan fingerprint density at radius 1 is 1.14 bits per heavy atom. The summed E-state index contributed by atoms with van der Waals surface area (Å²) < 4.78 is 0. The van der Waals surface area contributed by atoms with E-state index >= 15 is 0 Å². The van der Waals surface area contributed by atoms with Crippen molar-refractivity contribution in [2.24, 2.45) is 0 Å². The van der Waals surface area contributed by atoms with Gasteiger partial charge in [-0.25, -0.2) is 0 Å².